The van der Waals surface area contributed by atoms with Crippen molar-refractivity contribution in [1.29, 1.82) is 0 Å². The number of aryl methyl sites for hydroxylation is 2. The minimum Gasteiger partial charge on any atom is -0.490 e. The predicted octanol–water partition coefficient (Wildman–Crippen LogP) is 3.81. The molecule has 1 heterocycles. The van der Waals surface area contributed by atoms with E-state index in [1.165, 1.54) is 25.5 Å². The van der Waals surface area contributed by atoms with Crippen LogP contribution in [0.3, 0.4) is 0 Å². The van der Waals surface area contributed by atoms with Crippen LogP contribution in [0.4, 0.5) is 0 Å². The lowest BCUT2D eigenvalue weighted by Gasteiger charge is -2.42. The van der Waals surface area contributed by atoms with Crippen LogP contribution in [0.15, 0.2) is 18.2 Å². The number of benzene rings is 1. The van der Waals surface area contributed by atoms with E-state index in [0.29, 0.717) is 24.5 Å². The average molecular weight is 461 g/mol. The molecule has 0 aromatic heterocycles. The molecule has 1 N–H and O–H groups in total. The van der Waals surface area contributed by atoms with E-state index in [0.717, 1.165) is 36.6 Å². The fourth-order valence-corrected chi connectivity index (χ4v) is 5.35. The summed E-state index contributed by atoms with van der Waals surface area (Å²) in [7, 11) is 1.53. The smallest absolute Gasteiger partial charge is 0.248 e. The Morgan fingerprint density at radius 1 is 1.09 bits per heavy atom. The van der Waals surface area contributed by atoms with Gasteiger partial charge >= 0.3 is 0 Å². The Bertz CT molecular complexity index is 798. The zero-order valence-corrected chi connectivity index (χ0v) is 21.5. The van der Waals surface area contributed by atoms with E-state index in [1.807, 2.05) is 18.2 Å². The van der Waals surface area contributed by atoms with Crippen molar-refractivity contribution in [2.75, 3.05) is 46.5 Å². The molecule has 186 valence electrons. The number of amides is 1. The van der Waals surface area contributed by atoms with Gasteiger partial charge in [0, 0.05) is 32.8 Å². The summed E-state index contributed by atoms with van der Waals surface area (Å²) >= 11 is 0. The Kier molecular flexibility index (Phi) is 8.46. The molecule has 1 aliphatic carbocycles. The molecule has 2 fully saturated rings. The van der Waals surface area contributed by atoms with Crippen molar-refractivity contribution in [3.63, 3.8) is 0 Å². The zero-order chi connectivity index (χ0) is 24.2. The predicted molar refractivity (Wildman–Crippen MR) is 132 cm³/mol. The van der Waals surface area contributed by atoms with Gasteiger partial charge < -0.3 is 19.5 Å². The molecule has 1 amide bonds. The second-order valence-electron chi connectivity index (χ2n) is 11.3. The number of hydrogen-bond acceptors (Lipinski definition) is 5. The summed E-state index contributed by atoms with van der Waals surface area (Å²) < 4.78 is 11.2. The van der Waals surface area contributed by atoms with E-state index in [1.54, 1.807) is 4.90 Å². The molecule has 1 aliphatic heterocycles. The Hall–Kier alpha value is -1.63. The average Bonchev–Trinajstić information content (AvgIpc) is 2.94. The van der Waals surface area contributed by atoms with E-state index in [-0.39, 0.29) is 25.7 Å². The fraction of sp³-hybridized carbons (Fsp3) is 0.741. The van der Waals surface area contributed by atoms with Gasteiger partial charge in [0.1, 0.15) is 24.6 Å². The third kappa shape index (κ3) is 6.93. The molecule has 6 heteroatoms. The maximum Gasteiger partial charge on any atom is 0.248 e. The van der Waals surface area contributed by atoms with Crippen LogP contribution in [0.5, 0.6) is 5.75 Å². The van der Waals surface area contributed by atoms with Crippen molar-refractivity contribution < 1.29 is 19.4 Å². The van der Waals surface area contributed by atoms with Crippen molar-refractivity contribution in [3.8, 4) is 5.75 Å². The van der Waals surface area contributed by atoms with Crippen LogP contribution in [0.1, 0.15) is 57.6 Å². The first-order chi connectivity index (χ1) is 15.5. The number of hydrogen-bond donors (Lipinski definition) is 1. The van der Waals surface area contributed by atoms with Gasteiger partial charge in [-0.3, -0.25) is 9.69 Å². The van der Waals surface area contributed by atoms with Crippen molar-refractivity contribution in [2.45, 2.75) is 71.9 Å². The van der Waals surface area contributed by atoms with Gasteiger partial charge in [-0.15, -0.1) is 0 Å². The Balaban J connectivity index is 1.72. The van der Waals surface area contributed by atoms with Crippen LogP contribution >= 0.6 is 0 Å². The van der Waals surface area contributed by atoms with E-state index in [4.69, 9.17) is 9.47 Å². The van der Waals surface area contributed by atoms with Crippen LogP contribution in [-0.2, 0) is 9.53 Å². The summed E-state index contributed by atoms with van der Waals surface area (Å²) in [5.74, 6) is 1.41. The van der Waals surface area contributed by atoms with Gasteiger partial charge in [0.15, 0.2) is 0 Å². The minimum absolute atomic E-state index is 0.0325. The number of methoxy groups -OCH3 is 1. The number of carbonyl (C=O) groups is 1. The molecule has 0 unspecified atom stereocenters. The second-order valence-corrected chi connectivity index (χ2v) is 11.3. The molecule has 6 nitrogen and oxygen atoms in total. The molecule has 3 rings (SSSR count). The van der Waals surface area contributed by atoms with E-state index in [9.17, 15) is 9.90 Å². The summed E-state index contributed by atoms with van der Waals surface area (Å²) in [6.07, 6.45) is 4.72. The van der Waals surface area contributed by atoms with E-state index in [2.05, 4.69) is 39.5 Å². The topological polar surface area (TPSA) is 62.2 Å². The summed E-state index contributed by atoms with van der Waals surface area (Å²) in [6.45, 7) is 13.5. The lowest BCUT2D eigenvalue weighted by Crippen LogP contribution is -2.54. The summed E-state index contributed by atoms with van der Waals surface area (Å²) in [4.78, 5) is 16.8. The second kappa shape index (κ2) is 10.7. The molecule has 1 aromatic carbocycles. The van der Waals surface area contributed by atoms with Crippen LogP contribution in [0.2, 0.25) is 0 Å². The molecular formula is C27H44N2O4. The molecule has 0 bridgehead atoms. The number of aliphatic hydroxyl groups is 1. The number of ether oxygens (including phenoxy) is 2. The van der Waals surface area contributed by atoms with Gasteiger partial charge in [-0.2, -0.15) is 0 Å². The SMILES string of the molecule is COCC(=O)N1CCN(C2CCC(C(C)(C)C)CC2)C[C@@](O)(COc2ccc(C)c(C)c2)C1. The van der Waals surface area contributed by atoms with E-state index >= 15 is 0 Å². The van der Waals surface area contributed by atoms with Crippen LogP contribution in [0, 0.1) is 25.2 Å². The Morgan fingerprint density at radius 3 is 2.39 bits per heavy atom. The third-order valence-corrected chi connectivity index (χ3v) is 7.68. The molecular weight excluding hydrogens is 416 g/mol. The van der Waals surface area contributed by atoms with Crippen LogP contribution in [-0.4, -0.2) is 79.0 Å². The van der Waals surface area contributed by atoms with Crippen molar-refractivity contribution >= 4 is 5.91 Å². The summed E-state index contributed by atoms with van der Waals surface area (Å²) in [5, 5.41) is 11.7. The molecule has 0 radical (unpaired) electrons. The van der Waals surface area contributed by atoms with Crippen LogP contribution in [0.25, 0.3) is 0 Å². The number of carbonyl (C=O) groups excluding carboxylic acids is 1. The number of nitrogens with zero attached hydrogens (tertiary/aromatic N) is 2. The largest absolute Gasteiger partial charge is 0.490 e. The van der Waals surface area contributed by atoms with Gasteiger partial charge in [0.05, 0.1) is 6.54 Å². The van der Waals surface area contributed by atoms with Gasteiger partial charge in [0.25, 0.3) is 0 Å². The van der Waals surface area contributed by atoms with Crippen molar-refractivity contribution in [3.05, 3.63) is 29.3 Å². The maximum atomic E-state index is 12.7. The van der Waals surface area contributed by atoms with Crippen LogP contribution < -0.4 is 4.74 Å². The lowest BCUT2D eigenvalue weighted by atomic mass is 9.71. The molecule has 1 saturated carbocycles. The molecule has 1 atom stereocenters. The number of rotatable bonds is 6. The monoisotopic (exact) mass is 460 g/mol. The van der Waals surface area contributed by atoms with E-state index < -0.39 is 5.60 Å². The molecule has 33 heavy (non-hydrogen) atoms. The highest BCUT2D eigenvalue weighted by atomic mass is 16.5. The van der Waals surface area contributed by atoms with Crippen molar-refractivity contribution in [2.24, 2.45) is 11.3 Å². The molecule has 0 spiro atoms. The summed E-state index contributed by atoms with van der Waals surface area (Å²) in [6, 6.07) is 6.43. The van der Waals surface area contributed by atoms with Gasteiger partial charge in [-0.1, -0.05) is 26.8 Å². The molecule has 1 saturated heterocycles. The highest BCUT2D eigenvalue weighted by Crippen LogP contribution is 2.39. The zero-order valence-electron chi connectivity index (χ0n) is 21.5. The van der Waals surface area contributed by atoms with Gasteiger partial charge in [-0.25, -0.2) is 0 Å². The highest BCUT2D eigenvalue weighted by molar-refractivity contribution is 5.77. The Morgan fingerprint density at radius 2 is 1.79 bits per heavy atom. The summed E-state index contributed by atoms with van der Waals surface area (Å²) in [5.41, 5.74) is 1.58. The quantitative estimate of drug-likeness (QED) is 0.700. The molecule has 2 aliphatic rings. The van der Waals surface area contributed by atoms with Gasteiger partial charge in [0.2, 0.25) is 5.91 Å². The van der Waals surface area contributed by atoms with Gasteiger partial charge in [-0.05, 0) is 74.1 Å². The standard InChI is InChI=1S/C27H44N2O4/c1-20-7-12-24(15-21(20)2)33-19-27(31)17-28(13-14-29(18-27)25(30)16-32-6)23-10-8-22(9-11-23)26(3,4)5/h7,12,15,22-23,31H,8-11,13-14,16-19H2,1-6H3/t22?,23?,27-/m0/s1. The lowest BCUT2D eigenvalue weighted by molar-refractivity contribution is -0.138. The minimum atomic E-state index is -1.14. The van der Waals surface area contributed by atoms with Crippen molar-refractivity contribution in [1.82, 2.24) is 9.80 Å². The third-order valence-electron chi connectivity index (χ3n) is 7.68. The first-order valence-corrected chi connectivity index (χ1v) is 12.4. The first kappa shape index (κ1) is 26.0. The molecule has 1 aromatic rings. The Labute approximate surface area is 200 Å². The first-order valence-electron chi connectivity index (χ1n) is 12.4. The maximum absolute atomic E-state index is 12.7. The fourth-order valence-electron chi connectivity index (χ4n) is 5.35. The normalized spacial score (nSPS) is 27.3. The highest BCUT2D eigenvalue weighted by Gasteiger charge is 2.41. The number of β-amino-alcohol motifs (C(OH)–C–C–N with tert-alkyl or cyclic N) is 1.